The highest BCUT2D eigenvalue weighted by molar-refractivity contribution is 6.00. The van der Waals surface area contributed by atoms with E-state index in [2.05, 4.69) is 53.2 Å². The van der Waals surface area contributed by atoms with Gasteiger partial charge in [0.25, 0.3) is 0 Å². The van der Waals surface area contributed by atoms with E-state index in [1.807, 2.05) is 10.6 Å². The molecule has 12 amide bonds. The van der Waals surface area contributed by atoms with E-state index >= 15 is 0 Å². The van der Waals surface area contributed by atoms with Crippen molar-refractivity contribution in [2.75, 3.05) is 33.0 Å². The molecule has 38 nitrogen and oxygen atoms in total. The van der Waals surface area contributed by atoms with Crippen molar-refractivity contribution >= 4 is 94.8 Å². The Bertz CT molecular complexity index is 3750. The maximum Gasteiger partial charge on any atom is 0.326 e. The van der Waals surface area contributed by atoms with Crippen LogP contribution in [-0.2, 0) is 102 Å². The molecule has 4 rings (SSSR count). The molecule has 108 heavy (non-hydrogen) atoms. The van der Waals surface area contributed by atoms with E-state index in [4.69, 9.17) is 10.8 Å². The smallest absolute Gasteiger partial charge is 0.326 e. The number of carbonyl (C=O) groups excluding carboxylic acids is 12. The molecule has 0 fully saturated rings. The van der Waals surface area contributed by atoms with Crippen LogP contribution in [0.15, 0.2) is 115 Å². The fourth-order valence-corrected chi connectivity index (χ4v) is 10.4. The molecule has 23 N–H and O–H groups in total. The number of hydrogen-bond donors (Lipinski definition) is 22. The largest absolute Gasteiger partial charge is 0.508 e. The van der Waals surface area contributed by atoms with Gasteiger partial charge in [0.15, 0.2) is 0 Å². The number of aliphatic hydroxyl groups is 4. The summed E-state index contributed by atoms with van der Waals surface area (Å²) < 4.78 is 0. The lowest BCUT2D eigenvalue weighted by Crippen LogP contribution is -2.62. The van der Waals surface area contributed by atoms with Crippen molar-refractivity contribution in [2.24, 2.45) is 11.7 Å². The van der Waals surface area contributed by atoms with Crippen LogP contribution in [0.5, 0.6) is 5.75 Å². The summed E-state index contributed by atoms with van der Waals surface area (Å²) in [6.07, 6.45) is -5.23. The summed E-state index contributed by atoms with van der Waals surface area (Å²) >= 11 is 0. The number of hydrogen-bond acceptors (Lipinski definition) is 22. The Morgan fingerprint density at radius 2 is 0.620 bits per heavy atom. The second-order valence-corrected chi connectivity index (χ2v) is 25.2. The summed E-state index contributed by atoms with van der Waals surface area (Å²) in [6, 6.07) is 7.82. The standard InChI is InChI=1S/C70H91N13O25/c1-37(2)26-43(71)59(96)81-52(34-85)68(105)79-48(29-40-16-10-5-11-17-40)64(101)83-54(36-87)69(106)80-50(31-58(94)95)65(102)78-46(27-38-12-6-3-7-13-38)61(98)77-49(30-41-18-20-42(88)21-19-41)62(99)76-47(28-39-14-8-4-9-15-39)63(100)82-53(35-86)67(104)74-44(22-24-56(90)91)60(97)72-32-55(89)73-51(33-84)66(103)75-45(70(107)108)23-25-57(92)93/h3-21,37,43-54,84-88H,22-36,71H2,1-2H3,(H,72,97)(H,73,89)(H,74,104)(H,75,103)(H,76,99)(H,77,98)(H,78,102)(H,79,105)(H,80,106)(H,81,96)(H,82,100)(H,83,101)(H,90,91)(H,92,93)(H,94,95)(H,107,108)/t43-,44-,45-,46-,47-,48-,49-,50-,51-,52-,53-,54-/m0/s1. The number of carboxylic acid groups (broad SMARTS) is 4. The van der Waals surface area contributed by atoms with Gasteiger partial charge >= 0.3 is 23.9 Å². The fourth-order valence-electron chi connectivity index (χ4n) is 10.4. The highest BCUT2D eigenvalue weighted by Gasteiger charge is 2.38. The topological polar surface area (TPSA) is 626 Å². The Morgan fingerprint density at radius 1 is 0.333 bits per heavy atom. The first kappa shape index (κ1) is 88.4. The molecule has 586 valence electrons. The average Bonchev–Trinajstić information content (AvgIpc) is 0.868. The van der Waals surface area contributed by atoms with Crippen molar-refractivity contribution in [3.63, 3.8) is 0 Å². The number of nitrogens with two attached hydrogens (primary N) is 1. The van der Waals surface area contributed by atoms with Gasteiger partial charge in [-0.05, 0) is 59.6 Å². The van der Waals surface area contributed by atoms with E-state index in [1.165, 1.54) is 48.5 Å². The number of aromatic hydroxyl groups is 1. The molecule has 0 saturated heterocycles. The molecule has 0 aromatic heterocycles. The van der Waals surface area contributed by atoms with Crippen molar-refractivity contribution in [3.05, 3.63) is 138 Å². The lowest BCUT2D eigenvalue weighted by molar-refractivity contribution is -0.144. The third-order valence-corrected chi connectivity index (χ3v) is 16.1. The van der Waals surface area contributed by atoms with E-state index in [0.717, 1.165) is 0 Å². The van der Waals surface area contributed by atoms with E-state index in [0.29, 0.717) is 16.7 Å². The van der Waals surface area contributed by atoms with Gasteiger partial charge in [0, 0.05) is 38.5 Å². The lowest BCUT2D eigenvalue weighted by atomic mass is 10.0. The first-order valence-electron chi connectivity index (χ1n) is 33.8. The number of rotatable bonds is 47. The van der Waals surface area contributed by atoms with E-state index in [1.54, 1.807) is 80.6 Å². The Morgan fingerprint density at radius 3 is 0.954 bits per heavy atom. The van der Waals surface area contributed by atoms with Gasteiger partial charge < -0.3 is 115 Å². The number of phenols is 1. The van der Waals surface area contributed by atoms with Gasteiger partial charge in [0.05, 0.1) is 45.4 Å². The Balaban J connectivity index is 1.62. The molecule has 0 heterocycles. The first-order valence-corrected chi connectivity index (χ1v) is 33.8. The normalized spacial score (nSPS) is 14.3. The molecule has 38 heteroatoms. The summed E-state index contributed by atoms with van der Waals surface area (Å²) in [7, 11) is 0. The third-order valence-electron chi connectivity index (χ3n) is 16.1. The highest BCUT2D eigenvalue weighted by Crippen LogP contribution is 2.15. The maximum atomic E-state index is 14.9. The van der Waals surface area contributed by atoms with Crippen LogP contribution < -0.4 is 69.5 Å². The van der Waals surface area contributed by atoms with Gasteiger partial charge in [-0.1, -0.05) is 117 Å². The molecule has 0 spiro atoms. The number of phenolic OH excluding ortho intramolecular Hbond substituents is 1. The number of carbonyl (C=O) groups is 16. The second kappa shape index (κ2) is 45.4. The minimum atomic E-state index is -2.10. The van der Waals surface area contributed by atoms with Gasteiger partial charge in [0.2, 0.25) is 70.9 Å². The number of aliphatic carboxylic acids is 4. The molecule has 0 unspecified atom stereocenters. The van der Waals surface area contributed by atoms with Gasteiger partial charge in [-0.2, -0.15) is 0 Å². The van der Waals surface area contributed by atoms with Crippen LogP contribution in [0.1, 0.15) is 74.6 Å². The summed E-state index contributed by atoms with van der Waals surface area (Å²) in [6.45, 7) is -1.91. The molecule has 0 bridgehead atoms. The van der Waals surface area contributed by atoms with Crippen LogP contribution >= 0.6 is 0 Å². The van der Waals surface area contributed by atoms with Gasteiger partial charge in [-0.25, -0.2) is 4.79 Å². The minimum absolute atomic E-state index is 0.0230. The summed E-state index contributed by atoms with van der Waals surface area (Å²) in [5.41, 5.74) is 7.44. The lowest BCUT2D eigenvalue weighted by Gasteiger charge is -2.28. The van der Waals surface area contributed by atoms with Crippen molar-refractivity contribution in [3.8, 4) is 5.75 Å². The molecule has 0 aliphatic heterocycles. The SMILES string of the molecule is CC(C)C[C@H](N)C(=O)N[C@@H](CO)C(=O)N[C@@H](Cc1ccccc1)C(=O)N[C@@H](CO)C(=O)N[C@@H](CC(=O)O)C(=O)N[C@@H](Cc1ccccc1)C(=O)N[C@@H](Cc1ccc(O)cc1)C(=O)N[C@@H](Cc1ccccc1)C(=O)N[C@@H](CO)C(=O)N[C@@H](CCC(=O)O)C(=O)NCC(=O)N[C@@H](CO)C(=O)N[C@@H](CCC(=O)O)C(=O)O. The Labute approximate surface area is 617 Å². The number of amides is 12. The first-order chi connectivity index (χ1) is 51.2. The minimum Gasteiger partial charge on any atom is -0.508 e. The van der Waals surface area contributed by atoms with Crippen LogP contribution in [0, 0.1) is 5.92 Å². The zero-order valence-electron chi connectivity index (χ0n) is 58.7. The predicted molar refractivity (Wildman–Crippen MR) is 376 cm³/mol. The van der Waals surface area contributed by atoms with Crippen LogP contribution in [0.4, 0.5) is 0 Å². The average molecular weight is 1510 g/mol. The van der Waals surface area contributed by atoms with Crippen molar-refractivity contribution in [1.29, 1.82) is 0 Å². The predicted octanol–water partition coefficient (Wildman–Crippen LogP) is -6.26. The van der Waals surface area contributed by atoms with E-state index in [9.17, 15) is 118 Å². The maximum absolute atomic E-state index is 14.9. The molecule has 0 aliphatic carbocycles. The van der Waals surface area contributed by atoms with Crippen molar-refractivity contribution < 1.29 is 123 Å². The summed E-state index contributed by atoms with van der Waals surface area (Å²) in [4.78, 5) is 213. The van der Waals surface area contributed by atoms with Crippen LogP contribution in [0.2, 0.25) is 0 Å². The Kier molecular flexibility index (Phi) is 37.1. The number of nitrogens with one attached hydrogen (secondary N) is 12. The van der Waals surface area contributed by atoms with Crippen molar-refractivity contribution in [1.82, 2.24) is 63.8 Å². The summed E-state index contributed by atoms with van der Waals surface area (Å²) in [5, 5.41) is 116. The zero-order valence-corrected chi connectivity index (χ0v) is 58.7. The van der Waals surface area contributed by atoms with E-state index in [-0.39, 0.29) is 36.5 Å². The van der Waals surface area contributed by atoms with Crippen molar-refractivity contribution in [2.45, 2.75) is 151 Å². The summed E-state index contributed by atoms with van der Waals surface area (Å²) in [5.74, 6) is -20.6. The Hall–Kier alpha value is -12.0. The zero-order chi connectivity index (χ0) is 80.2. The van der Waals surface area contributed by atoms with Crippen LogP contribution in [-0.4, -0.2) is 246 Å². The quantitative estimate of drug-likeness (QED) is 0.0196. The van der Waals surface area contributed by atoms with Gasteiger partial charge in [0.1, 0.15) is 72.2 Å². The van der Waals surface area contributed by atoms with Crippen LogP contribution in [0.25, 0.3) is 0 Å². The number of aliphatic hydroxyl groups excluding tert-OH is 4. The third kappa shape index (κ3) is 31.4. The highest BCUT2D eigenvalue weighted by atomic mass is 16.4. The van der Waals surface area contributed by atoms with Gasteiger partial charge in [-0.15, -0.1) is 0 Å². The monoisotopic (exact) mass is 1510 g/mol. The number of carboxylic acids is 4. The molecular weight excluding hydrogens is 1420 g/mol. The molecule has 4 aromatic rings. The van der Waals surface area contributed by atoms with Crippen LogP contribution in [0.3, 0.4) is 0 Å². The molecule has 0 radical (unpaired) electrons. The van der Waals surface area contributed by atoms with Gasteiger partial charge in [-0.3, -0.25) is 71.9 Å². The molecular formula is C70H91N13O25. The second-order valence-electron chi connectivity index (χ2n) is 25.2. The molecule has 4 aromatic carbocycles. The molecule has 0 saturated carbocycles. The molecule has 12 atom stereocenters. The fraction of sp³-hybridized carbons (Fsp3) is 0.429. The van der Waals surface area contributed by atoms with E-state index < -0.39 is 245 Å². The number of benzene rings is 4. The molecule has 0 aliphatic rings.